The molecule has 1 heterocycles. The predicted molar refractivity (Wildman–Crippen MR) is 66.1 cm³/mol. The van der Waals surface area contributed by atoms with E-state index >= 15 is 0 Å². The van der Waals surface area contributed by atoms with Crippen LogP contribution < -0.4 is 5.32 Å². The maximum absolute atomic E-state index is 11.8. The lowest BCUT2D eigenvalue weighted by molar-refractivity contribution is -0.138. The van der Waals surface area contributed by atoms with Crippen molar-refractivity contribution in [3.8, 4) is 0 Å². The Morgan fingerprint density at radius 2 is 2.12 bits per heavy atom. The Labute approximate surface area is 104 Å². The Balaban J connectivity index is 2.61. The molecule has 0 bridgehead atoms. The maximum Gasteiger partial charge on any atom is 0.325 e. The molecular weight excluding hydrogens is 240 g/mol. The summed E-state index contributed by atoms with van der Waals surface area (Å²) >= 11 is 1.56. The number of carbonyl (C=O) groups is 2. The van der Waals surface area contributed by atoms with Crippen LogP contribution in [0.2, 0.25) is 0 Å². The number of carboxylic acid groups (broad SMARTS) is 1. The van der Waals surface area contributed by atoms with E-state index in [4.69, 9.17) is 5.11 Å². The van der Waals surface area contributed by atoms with Crippen LogP contribution in [0.4, 0.5) is 4.79 Å². The zero-order chi connectivity index (χ0) is 13.0. The number of nitrogens with one attached hydrogen (secondary N) is 1. The molecule has 17 heavy (non-hydrogen) atoms. The summed E-state index contributed by atoms with van der Waals surface area (Å²) in [7, 11) is 1.65. The fourth-order valence-electron chi connectivity index (χ4n) is 1.24. The smallest absolute Gasteiger partial charge is 0.325 e. The minimum Gasteiger partial charge on any atom is -0.480 e. The molecule has 0 spiro atoms. The van der Waals surface area contributed by atoms with Gasteiger partial charge in [-0.05, 0) is 25.3 Å². The SMILES string of the molecule is CC(NC(=O)N(C)C(C)c1cccs1)C(=O)O. The predicted octanol–water partition coefficient (Wildman–Crippen LogP) is 1.92. The minimum atomic E-state index is -1.05. The van der Waals surface area contributed by atoms with E-state index in [1.54, 1.807) is 18.4 Å². The van der Waals surface area contributed by atoms with Crippen molar-refractivity contribution in [2.24, 2.45) is 0 Å². The van der Waals surface area contributed by atoms with Crippen molar-refractivity contribution in [1.82, 2.24) is 10.2 Å². The lowest BCUT2D eigenvalue weighted by Gasteiger charge is -2.25. The molecule has 2 unspecified atom stereocenters. The zero-order valence-electron chi connectivity index (χ0n) is 10.0. The van der Waals surface area contributed by atoms with E-state index < -0.39 is 12.0 Å². The summed E-state index contributed by atoms with van der Waals surface area (Å²) in [5.74, 6) is -1.05. The third-order valence-corrected chi connectivity index (χ3v) is 3.61. The number of hydrogen-bond donors (Lipinski definition) is 2. The van der Waals surface area contributed by atoms with E-state index in [0.29, 0.717) is 0 Å². The number of rotatable bonds is 4. The van der Waals surface area contributed by atoms with Crippen LogP contribution in [-0.2, 0) is 4.79 Å². The number of hydrogen-bond acceptors (Lipinski definition) is 3. The lowest BCUT2D eigenvalue weighted by Crippen LogP contribution is -2.45. The highest BCUT2D eigenvalue weighted by Gasteiger charge is 2.21. The second-order valence-corrected chi connectivity index (χ2v) is 4.79. The van der Waals surface area contributed by atoms with Gasteiger partial charge in [0.25, 0.3) is 0 Å². The molecule has 2 N–H and O–H groups in total. The molecule has 0 aliphatic carbocycles. The van der Waals surface area contributed by atoms with Gasteiger partial charge in [-0.3, -0.25) is 4.79 Å². The van der Waals surface area contributed by atoms with E-state index in [0.717, 1.165) is 4.88 Å². The van der Waals surface area contributed by atoms with Crippen LogP contribution in [0.25, 0.3) is 0 Å². The van der Waals surface area contributed by atoms with Crippen molar-refractivity contribution in [3.63, 3.8) is 0 Å². The Morgan fingerprint density at radius 1 is 1.47 bits per heavy atom. The number of amides is 2. The number of nitrogens with zero attached hydrogens (tertiary/aromatic N) is 1. The first-order chi connectivity index (χ1) is 7.93. The summed E-state index contributed by atoms with van der Waals surface area (Å²) in [6, 6.07) is 2.51. The molecule has 0 aliphatic rings. The molecule has 1 aromatic heterocycles. The highest BCUT2D eigenvalue weighted by molar-refractivity contribution is 7.10. The molecule has 0 fully saturated rings. The van der Waals surface area contributed by atoms with Crippen LogP contribution in [0.1, 0.15) is 24.8 Å². The van der Waals surface area contributed by atoms with Crippen LogP contribution in [0.15, 0.2) is 17.5 Å². The van der Waals surface area contributed by atoms with Gasteiger partial charge in [0.2, 0.25) is 0 Å². The van der Waals surface area contributed by atoms with Crippen LogP contribution in [0.5, 0.6) is 0 Å². The van der Waals surface area contributed by atoms with Crippen molar-refractivity contribution in [2.75, 3.05) is 7.05 Å². The molecule has 1 aromatic rings. The summed E-state index contributed by atoms with van der Waals surface area (Å²) in [6.07, 6.45) is 0. The highest BCUT2D eigenvalue weighted by Crippen LogP contribution is 2.23. The molecular formula is C11H16N2O3S. The third-order valence-electron chi connectivity index (χ3n) is 2.57. The Kier molecular flexibility index (Phi) is 4.51. The van der Waals surface area contributed by atoms with Gasteiger partial charge in [-0.25, -0.2) is 4.79 Å². The number of carboxylic acids is 1. The molecule has 1 rings (SSSR count). The average molecular weight is 256 g/mol. The average Bonchev–Trinajstić information content (AvgIpc) is 2.80. The van der Waals surface area contributed by atoms with Crippen LogP contribution in [-0.4, -0.2) is 35.1 Å². The van der Waals surface area contributed by atoms with Gasteiger partial charge in [-0.1, -0.05) is 6.07 Å². The van der Waals surface area contributed by atoms with Crippen molar-refractivity contribution < 1.29 is 14.7 Å². The molecule has 2 atom stereocenters. The second kappa shape index (κ2) is 5.67. The van der Waals surface area contributed by atoms with Crippen LogP contribution in [0.3, 0.4) is 0 Å². The first kappa shape index (κ1) is 13.5. The van der Waals surface area contributed by atoms with Gasteiger partial charge in [0.05, 0.1) is 6.04 Å². The molecule has 0 saturated carbocycles. The molecule has 6 heteroatoms. The Bertz CT molecular complexity index is 391. The van der Waals surface area contributed by atoms with Crippen LogP contribution in [0, 0.1) is 0 Å². The number of carbonyl (C=O) groups excluding carboxylic acids is 1. The largest absolute Gasteiger partial charge is 0.480 e. The summed E-state index contributed by atoms with van der Waals surface area (Å²) in [5.41, 5.74) is 0. The quantitative estimate of drug-likeness (QED) is 0.864. The summed E-state index contributed by atoms with van der Waals surface area (Å²) < 4.78 is 0. The topological polar surface area (TPSA) is 69.6 Å². The Hall–Kier alpha value is -1.56. The van der Waals surface area contributed by atoms with Gasteiger partial charge < -0.3 is 15.3 Å². The van der Waals surface area contributed by atoms with E-state index in [1.807, 2.05) is 24.4 Å². The van der Waals surface area contributed by atoms with E-state index in [2.05, 4.69) is 5.32 Å². The number of aliphatic carboxylic acids is 1. The van der Waals surface area contributed by atoms with Crippen molar-refractivity contribution in [1.29, 1.82) is 0 Å². The first-order valence-corrected chi connectivity index (χ1v) is 6.11. The fourth-order valence-corrected chi connectivity index (χ4v) is 2.07. The molecule has 0 aliphatic heterocycles. The summed E-state index contributed by atoms with van der Waals surface area (Å²) in [5, 5.41) is 13.1. The monoisotopic (exact) mass is 256 g/mol. The number of urea groups is 1. The maximum atomic E-state index is 11.8. The third kappa shape index (κ3) is 3.45. The first-order valence-electron chi connectivity index (χ1n) is 5.23. The molecule has 0 radical (unpaired) electrons. The van der Waals surface area contributed by atoms with Crippen molar-refractivity contribution in [3.05, 3.63) is 22.4 Å². The van der Waals surface area contributed by atoms with Gasteiger partial charge >= 0.3 is 12.0 Å². The van der Waals surface area contributed by atoms with E-state index in [-0.39, 0.29) is 12.1 Å². The normalized spacial score (nSPS) is 13.8. The lowest BCUT2D eigenvalue weighted by atomic mass is 10.2. The fraction of sp³-hybridized carbons (Fsp3) is 0.455. The van der Waals surface area contributed by atoms with Crippen molar-refractivity contribution in [2.45, 2.75) is 25.9 Å². The Morgan fingerprint density at radius 3 is 2.59 bits per heavy atom. The van der Waals surface area contributed by atoms with E-state index in [1.165, 1.54) is 11.8 Å². The van der Waals surface area contributed by atoms with Crippen LogP contribution >= 0.6 is 11.3 Å². The minimum absolute atomic E-state index is 0.0732. The summed E-state index contributed by atoms with van der Waals surface area (Å²) in [6.45, 7) is 3.33. The molecule has 2 amide bonds. The van der Waals surface area contributed by atoms with Gasteiger partial charge in [-0.15, -0.1) is 11.3 Å². The molecule has 5 nitrogen and oxygen atoms in total. The van der Waals surface area contributed by atoms with Gasteiger partial charge in [0.15, 0.2) is 0 Å². The zero-order valence-corrected chi connectivity index (χ0v) is 10.8. The van der Waals surface area contributed by atoms with Gasteiger partial charge in [0, 0.05) is 11.9 Å². The molecule has 0 saturated heterocycles. The molecule has 94 valence electrons. The number of thiophene rings is 1. The van der Waals surface area contributed by atoms with Gasteiger partial charge in [-0.2, -0.15) is 0 Å². The van der Waals surface area contributed by atoms with E-state index in [9.17, 15) is 9.59 Å². The summed E-state index contributed by atoms with van der Waals surface area (Å²) in [4.78, 5) is 24.9. The molecule has 0 aromatic carbocycles. The highest BCUT2D eigenvalue weighted by atomic mass is 32.1. The van der Waals surface area contributed by atoms with Crippen molar-refractivity contribution >= 4 is 23.3 Å². The standard InChI is InChI=1S/C11H16N2O3S/c1-7(10(14)15)12-11(16)13(3)8(2)9-5-4-6-17-9/h4-8H,1-3H3,(H,12,16)(H,14,15). The van der Waals surface area contributed by atoms with Gasteiger partial charge in [0.1, 0.15) is 6.04 Å². The second-order valence-electron chi connectivity index (χ2n) is 3.81.